The van der Waals surface area contributed by atoms with Crippen LogP contribution in [0.5, 0.6) is 11.5 Å². The van der Waals surface area contributed by atoms with Gasteiger partial charge in [-0.15, -0.1) is 10.2 Å². The molecule has 1 atom stereocenters. The lowest BCUT2D eigenvalue weighted by molar-refractivity contribution is -0.121. The van der Waals surface area contributed by atoms with Crippen molar-refractivity contribution in [2.24, 2.45) is 0 Å². The number of rotatable bonds is 10. The van der Waals surface area contributed by atoms with Gasteiger partial charge in [-0.3, -0.25) is 9.59 Å². The number of aromatic amines is 1. The highest BCUT2D eigenvalue weighted by molar-refractivity contribution is 5.76. The summed E-state index contributed by atoms with van der Waals surface area (Å²) in [5, 5.41) is 10.9. The molecule has 9 heteroatoms. The van der Waals surface area contributed by atoms with E-state index in [1.165, 1.54) is 13.2 Å². The first-order valence-corrected chi connectivity index (χ1v) is 10.7. The first-order valence-electron chi connectivity index (χ1n) is 10.7. The van der Waals surface area contributed by atoms with E-state index in [-0.39, 0.29) is 48.7 Å². The number of benzene rings is 2. The maximum Gasteiger partial charge on any atom is 0.273 e. The summed E-state index contributed by atoms with van der Waals surface area (Å²) in [4.78, 5) is 27.1. The molecule has 3 aromatic rings. The van der Waals surface area contributed by atoms with Crippen molar-refractivity contribution in [2.45, 2.75) is 45.8 Å². The van der Waals surface area contributed by atoms with E-state index in [1.807, 2.05) is 13.8 Å². The molecule has 0 aliphatic carbocycles. The fourth-order valence-electron chi connectivity index (χ4n) is 3.04. The van der Waals surface area contributed by atoms with Gasteiger partial charge < -0.3 is 19.8 Å². The maximum absolute atomic E-state index is 13.8. The zero-order valence-corrected chi connectivity index (χ0v) is 18.9. The highest BCUT2D eigenvalue weighted by Crippen LogP contribution is 2.31. The van der Waals surface area contributed by atoms with Crippen LogP contribution in [0.1, 0.15) is 37.9 Å². The number of aromatic nitrogens is 3. The number of carbonyl (C=O) groups is 1. The zero-order chi connectivity index (χ0) is 23.8. The van der Waals surface area contributed by atoms with Crippen molar-refractivity contribution in [2.75, 3.05) is 7.11 Å². The quantitative estimate of drug-likeness (QED) is 0.486. The Balaban J connectivity index is 1.70. The van der Waals surface area contributed by atoms with Crippen molar-refractivity contribution in [3.8, 4) is 22.9 Å². The Morgan fingerprint density at radius 1 is 1.18 bits per heavy atom. The van der Waals surface area contributed by atoms with E-state index in [0.717, 1.165) is 6.42 Å². The van der Waals surface area contributed by atoms with Gasteiger partial charge in [-0.05, 0) is 37.6 Å². The van der Waals surface area contributed by atoms with E-state index >= 15 is 0 Å². The summed E-state index contributed by atoms with van der Waals surface area (Å²) in [6.45, 7) is 3.94. The number of hydrogen-bond acceptors (Lipinski definition) is 6. The number of hydrogen-bond donors (Lipinski definition) is 2. The number of carbonyl (C=O) groups excluding carboxylic acids is 1. The number of nitrogens with zero attached hydrogens (tertiary/aromatic N) is 2. The lowest BCUT2D eigenvalue weighted by Crippen LogP contribution is -2.32. The lowest BCUT2D eigenvalue weighted by Gasteiger charge is -2.12. The second kappa shape index (κ2) is 11.2. The third kappa shape index (κ3) is 6.38. The normalized spacial score (nSPS) is 11.6. The molecule has 0 radical (unpaired) electrons. The molecule has 8 nitrogen and oxygen atoms in total. The molecular weight excluding hydrogens is 427 g/mol. The van der Waals surface area contributed by atoms with Gasteiger partial charge in [-0.1, -0.05) is 25.1 Å². The molecule has 174 valence electrons. The van der Waals surface area contributed by atoms with Crippen molar-refractivity contribution in [3.05, 3.63) is 69.9 Å². The highest BCUT2D eigenvalue weighted by atomic mass is 19.1. The van der Waals surface area contributed by atoms with Crippen LogP contribution in [0.2, 0.25) is 0 Å². The zero-order valence-electron chi connectivity index (χ0n) is 18.9. The van der Waals surface area contributed by atoms with Gasteiger partial charge in [-0.2, -0.15) is 0 Å². The van der Waals surface area contributed by atoms with Crippen LogP contribution in [0.3, 0.4) is 0 Å². The fourth-order valence-corrected chi connectivity index (χ4v) is 3.04. The Labute approximate surface area is 191 Å². The molecule has 2 aromatic carbocycles. The van der Waals surface area contributed by atoms with E-state index in [9.17, 15) is 14.0 Å². The first kappa shape index (κ1) is 23.9. The second-order valence-corrected chi connectivity index (χ2v) is 7.57. The molecule has 1 aromatic heterocycles. The van der Waals surface area contributed by atoms with Gasteiger partial charge in [0.2, 0.25) is 5.91 Å². The molecule has 1 heterocycles. The molecule has 0 bridgehead atoms. The third-order valence-corrected chi connectivity index (χ3v) is 5.15. The minimum absolute atomic E-state index is 0.0400. The van der Waals surface area contributed by atoms with Crippen molar-refractivity contribution in [1.29, 1.82) is 0 Å². The van der Waals surface area contributed by atoms with E-state index in [4.69, 9.17) is 9.47 Å². The van der Waals surface area contributed by atoms with Gasteiger partial charge in [0.1, 0.15) is 18.1 Å². The van der Waals surface area contributed by atoms with Crippen LogP contribution in [0.25, 0.3) is 11.4 Å². The number of ether oxygens (including phenoxy) is 2. The van der Waals surface area contributed by atoms with Crippen LogP contribution in [-0.2, 0) is 17.8 Å². The Kier molecular flexibility index (Phi) is 8.12. The van der Waals surface area contributed by atoms with Crippen LogP contribution in [0, 0.1) is 5.82 Å². The Morgan fingerprint density at radius 2 is 1.97 bits per heavy atom. The van der Waals surface area contributed by atoms with E-state index < -0.39 is 5.56 Å². The van der Waals surface area contributed by atoms with Crippen molar-refractivity contribution in [3.63, 3.8) is 0 Å². The Bertz CT molecular complexity index is 1170. The summed E-state index contributed by atoms with van der Waals surface area (Å²) in [7, 11) is 1.48. The van der Waals surface area contributed by atoms with E-state index in [2.05, 4.69) is 20.5 Å². The van der Waals surface area contributed by atoms with Gasteiger partial charge >= 0.3 is 0 Å². The van der Waals surface area contributed by atoms with Gasteiger partial charge in [0, 0.05) is 30.0 Å². The Morgan fingerprint density at radius 3 is 2.67 bits per heavy atom. The number of aryl methyl sites for hydroxylation is 1. The standard InChI is InChI=1S/C24H27FN4O4/c1-4-15(2)26-22(30)12-10-19-24(31)27-23(29-28-19)16-9-11-20(21(13-16)32-3)33-14-17-7-5-6-8-18(17)25/h5-9,11,13,15H,4,10,12,14H2,1-3H3,(H,26,30)(H,27,29,31)/t15-/m1/s1. The van der Waals surface area contributed by atoms with Gasteiger partial charge in [-0.25, -0.2) is 4.39 Å². The van der Waals surface area contributed by atoms with Gasteiger partial charge in [0.25, 0.3) is 5.56 Å². The summed E-state index contributed by atoms with van der Waals surface area (Å²) >= 11 is 0. The van der Waals surface area contributed by atoms with Gasteiger partial charge in [0.15, 0.2) is 17.3 Å². The molecule has 3 rings (SSSR count). The van der Waals surface area contributed by atoms with Crippen molar-refractivity contribution >= 4 is 5.91 Å². The van der Waals surface area contributed by atoms with Crippen LogP contribution in [-0.4, -0.2) is 34.2 Å². The SMILES string of the molecule is CC[C@@H](C)NC(=O)CCc1nnc(-c2ccc(OCc3ccccc3F)c(OC)c2)[nH]c1=O. The van der Waals surface area contributed by atoms with Crippen LogP contribution >= 0.6 is 0 Å². The molecule has 0 aliphatic rings. The van der Waals surface area contributed by atoms with Crippen LogP contribution < -0.4 is 20.3 Å². The molecule has 0 saturated carbocycles. The minimum atomic E-state index is -0.407. The molecule has 33 heavy (non-hydrogen) atoms. The molecule has 0 unspecified atom stereocenters. The molecule has 2 N–H and O–H groups in total. The fraction of sp³-hybridized carbons (Fsp3) is 0.333. The average Bonchev–Trinajstić information content (AvgIpc) is 2.82. The number of halogens is 1. The summed E-state index contributed by atoms with van der Waals surface area (Å²) in [6, 6.07) is 11.4. The third-order valence-electron chi connectivity index (χ3n) is 5.15. The predicted molar refractivity (Wildman–Crippen MR) is 122 cm³/mol. The van der Waals surface area contributed by atoms with Crippen LogP contribution in [0.15, 0.2) is 47.3 Å². The average molecular weight is 455 g/mol. The summed E-state index contributed by atoms with van der Waals surface area (Å²) in [5.41, 5.74) is 0.771. The molecule has 0 fully saturated rings. The second-order valence-electron chi connectivity index (χ2n) is 7.57. The largest absolute Gasteiger partial charge is 0.493 e. The summed E-state index contributed by atoms with van der Waals surface area (Å²) < 4.78 is 24.9. The van der Waals surface area contributed by atoms with E-state index in [0.29, 0.717) is 22.6 Å². The molecule has 0 aliphatic heterocycles. The highest BCUT2D eigenvalue weighted by Gasteiger charge is 2.13. The molecule has 0 saturated heterocycles. The summed E-state index contributed by atoms with van der Waals surface area (Å²) in [6.07, 6.45) is 1.18. The number of amides is 1. The molecule has 0 spiro atoms. The number of methoxy groups -OCH3 is 1. The topological polar surface area (TPSA) is 106 Å². The minimum Gasteiger partial charge on any atom is -0.493 e. The summed E-state index contributed by atoms with van der Waals surface area (Å²) in [5.74, 6) is 0.594. The lowest BCUT2D eigenvalue weighted by atomic mass is 10.1. The molecular formula is C24H27FN4O4. The smallest absolute Gasteiger partial charge is 0.273 e. The van der Waals surface area contributed by atoms with Crippen molar-refractivity contribution in [1.82, 2.24) is 20.5 Å². The van der Waals surface area contributed by atoms with E-state index in [1.54, 1.807) is 36.4 Å². The Hall–Kier alpha value is -3.75. The maximum atomic E-state index is 13.8. The van der Waals surface area contributed by atoms with Gasteiger partial charge in [0.05, 0.1) is 7.11 Å². The number of H-pyrrole nitrogens is 1. The first-order chi connectivity index (χ1) is 15.9. The number of nitrogens with one attached hydrogen (secondary N) is 2. The molecule has 1 amide bonds. The predicted octanol–water partition coefficient (Wildman–Crippen LogP) is 3.41. The van der Waals surface area contributed by atoms with Crippen molar-refractivity contribution < 1.29 is 18.7 Å². The van der Waals surface area contributed by atoms with Crippen LogP contribution in [0.4, 0.5) is 4.39 Å². The monoisotopic (exact) mass is 454 g/mol.